The lowest BCUT2D eigenvalue weighted by Crippen LogP contribution is -2.40. The molecule has 2 aromatic rings. The van der Waals surface area contributed by atoms with E-state index in [4.69, 9.17) is 4.74 Å². The van der Waals surface area contributed by atoms with Crippen molar-refractivity contribution in [1.29, 1.82) is 0 Å². The van der Waals surface area contributed by atoms with Crippen molar-refractivity contribution >= 4 is 27.3 Å². The van der Waals surface area contributed by atoms with E-state index in [2.05, 4.69) is 22.3 Å². The number of hydrogen-bond donors (Lipinski definition) is 1. The van der Waals surface area contributed by atoms with E-state index in [1.165, 1.54) is 24.9 Å². The van der Waals surface area contributed by atoms with Crippen LogP contribution in [0.15, 0.2) is 48.5 Å². The molecule has 0 aliphatic carbocycles. The van der Waals surface area contributed by atoms with Crippen molar-refractivity contribution in [1.82, 2.24) is 5.32 Å². The van der Waals surface area contributed by atoms with Crippen molar-refractivity contribution in [3.05, 3.63) is 54.1 Å². The molecule has 1 saturated heterocycles. The van der Waals surface area contributed by atoms with E-state index < -0.39 is 10.0 Å². The van der Waals surface area contributed by atoms with Crippen molar-refractivity contribution in [2.45, 2.75) is 32.7 Å². The molecule has 1 aliphatic heterocycles. The number of carbonyl (C=O) groups is 1. The fraction of sp³-hybridized carbons (Fsp3) is 0.435. The molecule has 0 radical (unpaired) electrons. The molecule has 2 aromatic carbocycles. The maximum Gasteiger partial charge on any atom is 0.241 e. The van der Waals surface area contributed by atoms with Crippen LogP contribution >= 0.6 is 0 Å². The number of anilines is 2. The Kier molecular flexibility index (Phi) is 7.79. The second kappa shape index (κ2) is 10.5. The molecule has 0 aromatic heterocycles. The average Bonchev–Trinajstić information content (AvgIpc) is 2.77. The number of rotatable bonds is 9. The van der Waals surface area contributed by atoms with Crippen LogP contribution in [0.4, 0.5) is 11.4 Å². The Morgan fingerprint density at radius 1 is 1.10 bits per heavy atom. The number of nitrogens with one attached hydrogen (secondary N) is 1. The van der Waals surface area contributed by atoms with Gasteiger partial charge in [0.25, 0.3) is 0 Å². The molecule has 1 fully saturated rings. The molecule has 0 unspecified atom stereocenters. The molecule has 8 heteroatoms. The third kappa shape index (κ3) is 6.62. The number of ether oxygens (including phenoxy) is 1. The second-order valence-corrected chi connectivity index (χ2v) is 9.60. The van der Waals surface area contributed by atoms with Gasteiger partial charge in [-0.3, -0.25) is 9.10 Å². The average molecular weight is 446 g/mol. The van der Waals surface area contributed by atoms with Crippen LogP contribution in [0.25, 0.3) is 0 Å². The number of sulfonamides is 1. The number of carbonyl (C=O) groups excluding carboxylic acids is 1. The van der Waals surface area contributed by atoms with Gasteiger partial charge in [0, 0.05) is 31.4 Å². The molecule has 0 saturated carbocycles. The zero-order valence-corrected chi connectivity index (χ0v) is 19.0. The SMILES string of the molecule is CCOc1cccc(N(CC(=O)NCc2ccc(N3CCCCC3)cc2)S(C)(=O)=O)c1. The lowest BCUT2D eigenvalue weighted by Gasteiger charge is -2.28. The first kappa shape index (κ1) is 22.9. The van der Waals surface area contributed by atoms with Crippen molar-refractivity contribution in [3.63, 3.8) is 0 Å². The highest BCUT2D eigenvalue weighted by molar-refractivity contribution is 7.92. The molecule has 7 nitrogen and oxygen atoms in total. The smallest absolute Gasteiger partial charge is 0.241 e. The van der Waals surface area contributed by atoms with Crippen molar-refractivity contribution in [2.75, 3.05) is 41.7 Å². The molecule has 31 heavy (non-hydrogen) atoms. The number of hydrogen-bond acceptors (Lipinski definition) is 5. The number of nitrogens with zero attached hydrogens (tertiary/aromatic N) is 2. The van der Waals surface area contributed by atoms with E-state index in [1.807, 2.05) is 19.1 Å². The van der Waals surface area contributed by atoms with E-state index in [0.717, 1.165) is 29.2 Å². The largest absolute Gasteiger partial charge is 0.494 e. The first-order chi connectivity index (χ1) is 14.9. The summed E-state index contributed by atoms with van der Waals surface area (Å²) in [4.78, 5) is 14.9. The van der Waals surface area contributed by atoms with Crippen LogP contribution < -0.4 is 19.3 Å². The van der Waals surface area contributed by atoms with Gasteiger partial charge in [0.05, 0.1) is 18.6 Å². The van der Waals surface area contributed by atoms with Gasteiger partial charge in [0.1, 0.15) is 12.3 Å². The maximum atomic E-state index is 12.5. The summed E-state index contributed by atoms with van der Waals surface area (Å²) in [5.41, 5.74) is 2.57. The fourth-order valence-electron chi connectivity index (χ4n) is 3.66. The van der Waals surface area contributed by atoms with Gasteiger partial charge in [-0.2, -0.15) is 0 Å². The summed E-state index contributed by atoms with van der Waals surface area (Å²) >= 11 is 0. The van der Waals surface area contributed by atoms with Crippen LogP contribution in [0.5, 0.6) is 5.75 Å². The van der Waals surface area contributed by atoms with Crippen LogP contribution in [0.3, 0.4) is 0 Å². The highest BCUT2D eigenvalue weighted by atomic mass is 32.2. The zero-order valence-electron chi connectivity index (χ0n) is 18.2. The quantitative estimate of drug-likeness (QED) is 0.641. The van der Waals surface area contributed by atoms with Gasteiger partial charge < -0.3 is 15.0 Å². The first-order valence-electron chi connectivity index (χ1n) is 10.7. The molecule has 1 heterocycles. The molecule has 0 atom stereocenters. The minimum atomic E-state index is -3.63. The maximum absolute atomic E-state index is 12.5. The van der Waals surface area contributed by atoms with E-state index in [1.54, 1.807) is 24.3 Å². The van der Waals surface area contributed by atoms with Crippen LogP contribution in [-0.2, 0) is 21.4 Å². The molecule has 3 rings (SSSR count). The Balaban J connectivity index is 1.60. The van der Waals surface area contributed by atoms with Crippen LogP contribution in [0.2, 0.25) is 0 Å². The fourth-order valence-corrected chi connectivity index (χ4v) is 4.51. The number of piperidine rings is 1. The Morgan fingerprint density at radius 2 is 1.81 bits per heavy atom. The molecule has 1 amide bonds. The van der Waals surface area contributed by atoms with Crippen LogP contribution in [0.1, 0.15) is 31.7 Å². The topological polar surface area (TPSA) is 79.0 Å². The molecule has 1 N–H and O–H groups in total. The Morgan fingerprint density at radius 3 is 2.45 bits per heavy atom. The number of benzene rings is 2. The molecular formula is C23H31N3O4S. The summed E-state index contributed by atoms with van der Waals surface area (Å²) in [6.07, 6.45) is 4.83. The second-order valence-electron chi connectivity index (χ2n) is 7.69. The van der Waals surface area contributed by atoms with Gasteiger partial charge in [-0.15, -0.1) is 0 Å². The standard InChI is InChI=1S/C23H31N3O4S/c1-3-30-22-9-7-8-21(16-22)26(31(2,28)29)18-23(27)24-17-19-10-12-20(13-11-19)25-14-5-4-6-15-25/h7-13,16H,3-6,14-15,17-18H2,1-2H3,(H,24,27). The highest BCUT2D eigenvalue weighted by Crippen LogP contribution is 2.23. The Bertz CT molecular complexity index is 971. The van der Waals surface area contributed by atoms with Crippen LogP contribution in [-0.4, -0.2) is 46.8 Å². The Hall–Kier alpha value is -2.74. The lowest BCUT2D eigenvalue weighted by molar-refractivity contribution is -0.119. The summed E-state index contributed by atoms with van der Waals surface area (Å²) in [6, 6.07) is 14.9. The third-order valence-corrected chi connectivity index (χ3v) is 6.39. The van der Waals surface area contributed by atoms with Crippen molar-refractivity contribution in [2.24, 2.45) is 0 Å². The number of amides is 1. The normalized spacial score (nSPS) is 14.2. The van der Waals surface area contributed by atoms with Gasteiger partial charge in [0.2, 0.25) is 15.9 Å². The summed E-state index contributed by atoms with van der Waals surface area (Å²) in [7, 11) is -3.63. The monoisotopic (exact) mass is 445 g/mol. The van der Waals surface area contributed by atoms with Crippen molar-refractivity contribution in [3.8, 4) is 5.75 Å². The van der Waals surface area contributed by atoms with Gasteiger partial charge in [-0.1, -0.05) is 18.2 Å². The highest BCUT2D eigenvalue weighted by Gasteiger charge is 2.21. The lowest BCUT2D eigenvalue weighted by atomic mass is 10.1. The summed E-state index contributed by atoms with van der Waals surface area (Å²) in [5.74, 6) is 0.190. The molecule has 0 spiro atoms. The first-order valence-corrected chi connectivity index (χ1v) is 12.5. The summed E-state index contributed by atoms with van der Waals surface area (Å²) < 4.78 is 31.1. The molecule has 1 aliphatic rings. The van der Waals surface area contributed by atoms with Gasteiger partial charge >= 0.3 is 0 Å². The van der Waals surface area contributed by atoms with E-state index in [0.29, 0.717) is 24.6 Å². The van der Waals surface area contributed by atoms with Gasteiger partial charge in [0.15, 0.2) is 0 Å². The van der Waals surface area contributed by atoms with Gasteiger partial charge in [-0.25, -0.2) is 8.42 Å². The summed E-state index contributed by atoms with van der Waals surface area (Å²) in [6.45, 7) is 4.55. The van der Waals surface area contributed by atoms with Gasteiger partial charge in [-0.05, 0) is 56.0 Å². The van der Waals surface area contributed by atoms with Crippen molar-refractivity contribution < 1.29 is 17.9 Å². The predicted molar refractivity (Wildman–Crippen MR) is 124 cm³/mol. The van der Waals surface area contributed by atoms with E-state index >= 15 is 0 Å². The Labute approximate surface area is 185 Å². The zero-order chi connectivity index (χ0) is 22.3. The van der Waals surface area contributed by atoms with E-state index in [9.17, 15) is 13.2 Å². The predicted octanol–water partition coefficient (Wildman–Crippen LogP) is 3.16. The molecule has 0 bridgehead atoms. The minimum Gasteiger partial charge on any atom is -0.494 e. The molecular weight excluding hydrogens is 414 g/mol. The van der Waals surface area contributed by atoms with E-state index in [-0.39, 0.29) is 12.5 Å². The minimum absolute atomic E-state index is 0.291. The summed E-state index contributed by atoms with van der Waals surface area (Å²) in [5, 5.41) is 2.82. The third-order valence-electron chi connectivity index (χ3n) is 5.25. The molecule has 168 valence electrons. The van der Waals surface area contributed by atoms with Crippen LogP contribution in [0, 0.1) is 0 Å².